The maximum absolute atomic E-state index is 12.1. The largest absolute Gasteiger partial charge is 0.324 e. The molecule has 0 atom stereocenters. The van der Waals surface area contributed by atoms with E-state index in [1.807, 2.05) is 6.07 Å². The van der Waals surface area contributed by atoms with Crippen LogP contribution in [0.25, 0.3) is 0 Å². The first kappa shape index (κ1) is 17.7. The number of carbonyl (C=O) groups excluding carboxylic acids is 1. The second-order valence-corrected chi connectivity index (χ2v) is 6.19. The Bertz CT molecular complexity index is 885. The Labute approximate surface area is 148 Å². The van der Waals surface area contributed by atoms with Gasteiger partial charge in [0.05, 0.1) is 22.7 Å². The van der Waals surface area contributed by atoms with Crippen LogP contribution in [0.5, 0.6) is 0 Å². The van der Waals surface area contributed by atoms with Gasteiger partial charge in [0, 0.05) is 5.02 Å². The highest BCUT2D eigenvalue weighted by Crippen LogP contribution is 2.24. The fraction of sp³-hybridized carbons (Fsp3) is 0.188. The topological polar surface area (TPSA) is 102 Å². The lowest BCUT2D eigenvalue weighted by Crippen LogP contribution is -2.15. The first-order valence-corrected chi connectivity index (χ1v) is 8.18. The minimum atomic E-state index is -0.323. The number of aromatic nitrogens is 2. The molecule has 1 heterocycles. The van der Waals surface area contributed by atoms with Gasteiger partial charge >= 0.3 is 0 Å². The fourth-order valence-electron chi connectivity index (χ4n) is 1.95. The summed E-state index contributed by atoms with van der Waals surface area (Å²) in [4.78, 5) is 20.5. The average molecular weight is 358 g/mol. The lowest BCUT2D eigenvalue weighted by atomic mass is 10.2. The molecule has 0 saturated heterocycles. The second kappa shape index (κ2) is 7.78. The number of benzene rings is 1. The standard InChI is InChI=1S/C16H12ClN5OS/c1-9-13(7-19)16(21-10(2)20-9)24-8-15(23)22-14-5-12(17)4-3-11(14)6-18/h3-5H,8H2,1-2H3,(H,22,23). The van der Waals surface area contributed by atoms with Crippen LogP contribution in [-0.2, 0) is 4.79 Å². The number of hydrogen-bond donors (Lipinski definition) is 1. The quantitative estimate of drug-likeness (QED) is 0.665. The number of anilines is 1. The molecule has 0 unspecified atom stereocenters. The molecule has 0 aliphatic heterocycles. The van der Waals surface area contributed by atoms with Gasteiger partial charge in [0.15, 0.2) is 0 Å². The molecule has 120 valence electrons. The number of hydrogen-bond acceptors (Lipinski definition) is 6. The summed E-state index contributed by atoms with van der Waals surface area (Å²) in [7, 11) is 0. The second-order valence-electron chi connectivity index (χ2n) is 4.79. The van der Waals surface area contributed by atoms with Crippen molar-refractivity contribution in [3.8, 4) is 12.1 Å². The predicted octanol–water partition coefficient (Wildman–Crippen LogP) is 3.22. The van der Waals surface area contributed by atoms with Crippen LogP contribution >= 0.6 is 23.4 Å². The van der Waals surface area contributed by atoms with E-state index in [1.54, 1.807) is 19.9 Å². The Hall–Kier alpha value is -2.61. The van der Waals surface area contributed by atoms with Gasteiger partial charge in [-0.25, -0.2) is 9.97 Å². The smallest absolute Gasteiger partial charge is 0.234 e. The third kappa shape index (κ3) is 4.23. The summed E-state index contributed by atoms with van der Waals surface area (Å²) in [5, 5.41) is 21.8. The van der Waals surface area contributed by atoms with Crippen LogP contribution in [0.2, 0.25) is 5.02 Å². The average Bonchev–Trinajstić information content (AvgIpc) is 2.52. The lowest BCUT2D eigenvalue weighted by Gasteiger charge is -2.09. The highest BCUT2D eigenvalue weighted by atomic mass is 35.5. The molecule has 1 aromatic heterocycles. The van der Waals surface area contributed by atoms with Gasteiger partial charge in [-0.1, -0.05) is 23.4 Å². The molecule has 1 N–H and O–H groups in total. The molecule has 0 aliphatic rings. The van der Waals surface area contributed by atoms with Crippen molar-refractivity contribution >= 4 is 35.0 Å². The van der Waals surface area contributed by atoms with Crippen molar-refractivity contribution in [2.45, 2.75) is 18.9 Å². The molecule has 0 radical (unpaired) electrons. The normalized spacial score (nSPS) is 9.88. The molecule has 0 bridgehead atoms. The minimum absolute atomic E-state index is 0.0436. The minimum Gasteiger partial charge on any atom is -0.324 e. The first-order chi connectivity index (χ1) is 11.4. The number of nitrogens with zero attached hydrogens (tertiary/aromatic N) is 4. The Morgan fingerprint density at radius 2 is 2.04 bits per heavy atom. The first-order valence-electron chi connectivity index (χ1n) is 6.82. The van der Waals surface area contributed by atoms with Crippen molar-refractivity contribution in [3.05, 3.63) is 45.9 Å². The molecule has 8 heteroatoms. The lowest BCUT2D eigenvalue weighted by molar-refractivity contribution is -0.113. The summed E-state index contributed by atoms with van der Waals surface area (Å²) in [5.74, 6) is 0.259. The van der Waals surface area contributed by atoms with E-state index in [4.69, 9.17) is 16.9 Å². The van der Waals surface area contributed by atoms with Gasteiger partial charge < -0.3 is 5.32 Å². The zero-order valence-electron chi connectivity index (χ0n) is 12.9. The molecule has 1 aromatic carbocycles. The molecular formula is C16H12ClN5OS. The third-order valence-electron chi connectivity index (χ3n) is 3.00. The molecule has 0 aliphatic carbocycles. The van der Waals surface area contributed by atoms with E-state index >= 15 is 0 Å². The van der Waals surface area contributed by atoms with Gasteiger partial charge in [-0.2, -0.15) is 10.5 Å². The molecule has 1 amide bonds. The van der Waals surface area contributed by atoms with E-state index in [0.29, 0.717) is 38.4 Å². The molecule has 6 nitrogen and oxygen atoms in total. The van der Waals surface area contributed by atoms with Gasteiger partial charge in [0.25, 0.3) is 0 Å². The SMILES string of the molecule is Cc1nc(C)c(C#N)c(SCC(=O)Nc2cc(Cl)ccc2C#N)n1. The Morgan fingerprint density at radius 1 is 1.29 bits per heavy atom. The Kier molecular flexibility index (Phi) is 5.75. The van der Waals surface area contributed by atoms with Gasteiger partial charge in [-0.05, 0) is 32.0 Å². The van der Waals surface area contributed by atoms with Crippen LogP contribution in [0.4, 0.5) is 5.69 Å². The van der Waals surface area contributed by atoms with E-state index in [1.165, 1.54) is 12.1 Å². The summed E-state index contributed by atoms with van der Waals surface area (Å²) >= 11 is 7.03. The zero-order valence-corrected chi connectivity index (χ0v) is 14.5. The van der Waals surface area contributed by atoms with Gasteiger partial charge in [0.2, 0.25) is 5.91 Å². The molecule has 2 aromatic rings. The van der Waals surface area contributed by atoms with Crippen LogP contribution in [0.1, 0.15) is 22.6 Å². The number of amides is 1. The van der Waals surface area contributed by atoms with Crippen LogP contribution in [0.15, 0.2) is 23.2 Å². The molecule has 2 rings (SSSR count). The number of thioether (sulfide) groups is 1. The van der Waals surface area contributed by atoms with Gasteiger partial charge in [0.1, 0.15) is 28.6 Å². The zero-order chi connectivity index (χ0) is 17.7. The summed E-state index contributed by atoms with van der Waals surface area (Å²) in [6, 6.07) is 8.68. The number of nitriles is 2. The molecule has 0 saturated carbocycles. The van der Waals surface area contributed by atoms with E-state index in [0.717, 1.165) is 11.8 Å². The summed E-state index contributed by atoms with van der Waals surface area (Å²) < 4.78 is 0. The number of rotatable bonds is 4. The highest BCUT2D eigenvalue weighted by Gasteiger charge is 2.13. The van der Waals surface area contributed by atoms with Crippen LogP contribution in [0, 0.1) is 36.5 Å². The summed E-state index contributed by atoms with van der Waals surface area (Å²) in [5.41, 5.74) is 1.61. The van der Waals surface area contributed by atoms with Crippen LogP contribution < -0.4 is 5.32 Å². The maximum atomic E-state index is 12.1. The van der Waals surface area contributed by atoms with Gasteiger partial charge in [-0.3, -0.25) is 4.79 Å². The molecular weight excluding hydrogens is 346 g/mol. The Morgan fingerprint density at radius 3 is 2.71 bits per heavy atom. The fourth-order valence-corrected chi connectivity index (χ4v) is 3.00. The van der Waals surface area contributed by atoms with Gasteiger partial charge in [-0.15, -0.1) is 0 Å². The third-order valence-corrected chi connectivity index (χ3v) is 4.21. The summed E-state index contributed by atoms with van der Waals surface area (Å²) in [6.45, 7) is 3.45. The monoisotopic (exact) mass is 357 g/mol. The van der Waals surface area contributed by atoms with E-state index in [2.05, 4.69) is 21.4 Å². The maximum Gasteiger partial charge on any atom is 0.234 e. The van der Waals surface area contributed by atoms with E-state index < -0.39 is 0 Å². The highest BCUT2D eigenvalue weighted by molar-refractivity contribution is 8.00. The predicted molar refractivity (Wildman–Crippen MR) is 91.7 cm³/mol. The van der Waals surface area contributed by atoms with Crippen LogP contribution in [-0.4, -0.2) is 21.6 Å². The van der Waals surface area contributed by atoms with Crippen molar-refractivity contribution < 1.29 is 4.79 Å². The van der Waals surface area contributed by atoms with Crippen molar-refractivity contribution in [2.75, 3.05) is 11.1 Å². The van der Waals surface area contributed by atoms with Crippen LogP contribution in [0.3, 0.4) is 0 Å². The van der Waals surface area contributed by atoms with Crippen molar-refractivity contribution in [2.24, 2.45) is 0 Å². The van der Waals surface area contributed by atoms with Crippen molar-refractivity contribution in [1.82, 2.24) is 9.97 Å². The number of halogens is 1. The van der Waals surface area contributed by atoms with E-state index in [-0.39, 0.29) is 11.7 Å². The summed E-state index contributed by atoms with van der Waals surface area (Å²) in [6.07, 6.45) is 0. The number of aryl methyl sites for hydroxylation is 2. The van der Waals surface area contributed by atoms with Crippen molar-refractivity contribution in [1.29, 1.82) is 10.5 Å². The van der Waals surface area contributed by atoms with Crippen molar-refractivity contribution in [3.63, 3.8) is 0 Å². The number of carbonyl (C=O) groups is 1. The molecule has 0 spiro atoms. The molecule has 0 fully saturated rings. The Balaban J connectivity index is 2.12. The molecule has 24 heavy (non-hydrogen) atoms. The number of nitrogens with one attached hydrogen (secondary N) is 1. The van der Waals surface area contributed by atoms with E-state index in [9.17, 15) is 10.1 Å².